The van der Waals surface area contributed by atoms with Crippen molar-refractivity contribution in [2.24, 2.45) is 0 Å². The molecule has 0 radical (unpaired) electrons. The molecule has 1 spiro atoms. The summed E-state index contributed by atoms with van der Waals surface area (Å²) in [6.07, 6.45) is -2.76. The molecule has 0 saturated carbocycles. The number of rotatable bonds is 10. The summed E-state index contributed by atoms with van der Waals surface area (Å²) < 4.78 is 84.8. The summed E-state index contributed by atoms with van der Waals surface area (Å²) >= 11 is 0. The molecule has 15 heteroatoms. The molecule has 2 heterocycles. The largest absolute Gasteiger partial charge is 0.522 e. The van der Waals surface area contributed by atoms with Gasteiger partial charge in [0.05, 0.1) is 17.8 Å². The van der Waals surface area contributed by atoms with Gasteiger partial charge in [-0.3, -0.25) is 14.3 Å². The van der Waals surface area contributed by atoms with Gasteiger partial charge in [0.25, 0.3) is 5.91 Å². The molecule has 1 aliphatic heterocycles. The molecule has 1 aromatic heterocycles. The minimum atomic E-state index is -4.81. The smallest absolute Gasteiger partial charge is 0.490 e. The predicted molar refractivity (Wildman–Crippen MR) is 135 cm³/mol. The van der Waals surface area contributed by atoms with Crippen LogP contribution in [-0.4, -0.2) is 67.3 Å². The number of anilines is 1. The van der Waals surface area contributed by atoms with E-state index in [1.807, 2.05) is 0 Å². The fourth-order valence-corrected chi connectivity index (χ4v) is 5.51. The van der Waals surface area contributed by atoms with Crippen molar-refractivity contribution in [2.75, 3.05) is 30.5 Å². The summed E-state index contributed by atoms with van der Waals surface area (Å²) in [5.41, 5.74) is -0.285. The highest BCUT2D eigenvalue weighted by molar-refractivity contribution is 7.91. The summed E-state index contributed by atoms with van der Waals surface area (Å²) in [4.78, 5) is 25.8. The maximum absolute atomic E-state index is 13.9. The Morgan fingerprint density at radius 3 is 2.62 bits per heavy atom. The topological polar surface area (TPSA) is 129 Å². The maximum Gasteiger partial charge on any atom is 0.522 e. The van der Waals surface area contributed by atoms with E-state index in [4.69, 9.17) is 4.74 Å². The van der Waals surface area contributed by atoms with Crippen LogP contribution in [0, 0.1) is 0 Å². The van der Waals surface area contributed by atoms with Crippen molar-refractivity contribution in [3.63, 3.8) is 0 Å². The number of aryl methyl sites for hydroxylation is 2. The first-order valence-electron chi connectivity index (χ1n) is 12.5. The van der Waals surface area contributed by atoms with Gasteiger partial charge in [-0.1, -0.05) is 6.07 Å². The number of sulfone groups is 1. The molecule has 2 aromatic rings. The van der Waals surface area contributed by atoms with Crippen molar-refractivity contribution in [1.82, 2.24) is 15.1 Å². The van der Waals surface area contributed by atoms with Crippen molar-refractivity contribution >= 4 is 27.5 Å². The highest BCUT2D eigenvalue weighted by atomic mass is 32.2. The second kappa shape index (κ2) is 10.7. The molecule has 1 atom stereocenters. The molecule has 0 unspecified atom stereocenters. The number of ether oxygens (including phenoxy) is 2. The van der Waals surface area contributed by atoms with Crippen LogP contribution in [-0.2, 0) is 44.3 Å². The van der Waals surface area contributed by atoms with Crippen LogP contribution in [0.25, 0.3) is 0 Å². The Bertz CT molecular complexity index is 1420. The Kier molecular flexibility index (Phi) is 7.93. The average molecular weight is 591 g/mol. The fourth-order valence-electron chi connectivity index (χ4n) is 4.97. The minimum absolute atomic E-state index is 0.0165. The van der Waals surface area contributed by atoms with E-state index in [2.05, 4.69) is 20.5 Å². The number of carbonyl (C=O) groups is 2. The van der Waals surface area contributed by atoms with Gasteiger partial charge in [-0.05, 0) is 56.4 Å². The number of nitrogens with one attached hydrogen (secondary N) is 2. The van der Waals surface area contributed by atoms with E-state index in [1.54, 1.807) is 18.2 Å². The van der Waals surface area contributed by atoms with Crippen molar-refractivity contribution in [1.29, 1.82) is 0 Å². The number of halogens is 4. The predicted octanol–water partition coefficient (Wildman–Crippen LogP) is 3.05. The highest BCUT2D eigenvalue weighted by Crippen LogP contribution is 2.44. The minimum Gasteiger partial charge on any atom is -0.490 e. The van der Waals surface area contributed by atoms with Crippen LogP contribution >= 0.6 is 0 Å². The first-order valence-corrected chi connectivity index (χ1v) is 14.6. The summed E-state index contributed by atoms with van der Waals surface area (Å²) in [6, 6.07) is 5.29. The maximum atomic E-state index is 13.9. The van der Waals surface area contributed by atoms with E-state index in [0.717, 1.165) is 17.4 Å². The van der Waals surface area contributed by atoms with E-state index in [0.29, 0.717) is 24.3 Å². The lowest BCUT2D eigenvalue weighted by atomic mass is 9.82. The Morgan fingerprint density at radius 1 is 1.25 bits per heavy atom. The number of amides is 2. The normalized spacial score (nSPS) is 18.8. The van der Waals surface area contributed by atoms with Crippen LogP contribution in [0.4, 0.5) is 23.4 Å². The average Bonchev–Trinajstić information content (AvgIpc) is 3.31. The molecular formula is C25H30F4N4O6S. The molecule has 1 aliphatic carbocycles. The number of hydrogen-bond donors (Lipinski definition) is 2. The van der Waals surface area contributed by atoms with Crippen molar-refractivity contribution in [3.8, 4) is 5.75 Å². The first-order chi connectivity index (χ1) is 18.4. The molecule has 10 nitrogen and oxygen atoms in total. The van der Waals surface area contributed by atoms with Crippen LogP contribution in [0.3, 0.4) is 0 Å². The van der Waals surface area contributed by atoms with Crippen molar-refractivity contribution in [3.05, 3.63) is 40.6 Å². The lowest BCUT2D eigenvalue weighted by Crippen LogP contribution is -2.49. The van der Waals surface area contributed by atoms with Crippen molar-refractivity contribution in [2.45, 2.75) is 63.6 Å². The van der Waals surface area contributed by atoms with E-state index < -0.39 is 51.6 Å². The monoisotopic (exact) mass is 590 g/mol. The second-order valence-corrected chi connectivity index (χ2v) is 12.8. The molecule has 0 saturated heterocycles. The van der Waals surface area contributed by atoms with Crippen LogP contribution < -0.4 is 15.4 Å². The van der Waals surface area contributed by atoms with Crippen LogP contribution in [0.1, 0.15) is 53.9 Å². The summed E-state index contributed by atoms with van der Waals surface area (Å²) in [7, 11) is -3.70. The molecule has 1 aromatic carbocycles. The Morgan fingerprint density at radius 2 is 1.98 bits per heavy atom. The third-order valence-corrected chi connectivity index (χ3v) is 7.29. The third-order valence-electron chi connectivity index (χ3n) is 6.50. The Hall–Kier alpha value is -3.20. The van der Waals surface area contributed by atoms with Crippen LogP contribution in [0.5, 0.6) is 5.75 Å². The van der Waals surface area contributed by atoms with Gasteiger partial charge in [-0.15, -0.1) is 13.2 Å². The third kappa shape index (κ3) is 7.11. The summed E-state index contributed by atoms with van der Waals surface area (Å²) in [5.74, 6) is -1.95. The lowest BCUT2D eigenvalue weighted by Gasteiger charge is -2.35. The lowest BCUT2D eigenvalue weighted by molar-refractivity contribution is -0.324. The van der Waals surface area contributed by atoms with Gasteiger partial charge in [-0.2, -0.15) is 5.10 Å². The number of alkyl halides is 4. The SMILES string of the molecule is CC(C)(F)COc1ccc2c(c1)CC[C@@]21Cc2nn(CCCOC(F)(F)F)c(NC(=O)CS(C)(=O)=O)c2C(=O)N1. The van der Waals surface area contributed by atoms with Crippen LogP contribution in [0.2, 0.25) is 0 Å². The standard InChI is InChI=1S/C25H30F4N4O6S/c1-23(2,26)14-38-16-5-6-17-15(11-16)7-8-24(17)12-18-20(22(35)31-24)21(30-19(34)13-40(3,36)37)33(32-18)9-4-10-39-25(27,28)29/h5-6,11H,4,7-10,12-14H2,1-3H3,(H,30,34)(H,31,35)/t24-/m1/s1. The molecule has 0 fully saturated rings. The van der Waals surface area contributed by atoms with Gasteiger partial charge in [0.2, 0.25) is 5.91 Å². The van der Waals surface area contributed by atoms with Gasteiger partial charge in [-0.25, -0.2) is 17.5 Å². The summed E-state index contributed by atoms with van der Waals surface area (Å²) in [5, 5.41) is 9.85. The van der Waals surface area contributed by atoms with E-state index in [-0.39, 0.29) is 37.4 Å². The highest BCUT2D eigenvalue weighted by Gasteiger charge is 2.46. The van der Waals surface area contributed by atoms with Gasteiger partial charge in [0, 0.05) is 19.2 Å². The van der Waals surface area contributed by atoms with E-state index in [9.17, 15) is 35.6 Å². The number of carbonyl (C=O) groups excluding carboxylic acids is 2. The molecular weight excluding hydrogens is 560 g/mol. The van der Waals surface area contributed by atoms with Crippen LogP contribution in [0.15, 0.2) is 18.2 Å². The number of hydrogen-bond acceptors (Lipinski definition) is 7. The van der Waals surface area contributed by atoms with Gasteiger partial charge in [0.15, 0.2) is 9.84 Å². The zero-order valence-corrected chi connectivity index (χ0v) is 23.0. The van der Waals surface area contributed by atoms with E-state index >= 15 is 0 Å². The molecule has 220 valence electrons. The molecule has 2 N–H and O–H groups in total. The van der Waals surface area contributed by atoms with Gasteiger partial charge in [0.1, 0.15) is 35.2 Å². The van der Waals surface area contributed by atoms with E-state index in [1.165, 1.54) is 18.5 Å². The second-order valence-electron chi connectivity index (χ2n) is 10.7. The quantitative estimate of drug-likeness (QED) is 0.322. The number of nitrogens with zero attached hydrogens (tertiary/aromatic N) is 2. The Labute approximate surface area is 228 Å². The zero-order valence-electron chi connectivity index (χ0n) is 22.2. The number of benzene rings is 1. The molecule has 0 bridgehead atoms. The molecule has 40 heavy (non-hydrogen) atoms. The first kappa shape index (κ1) is 29.8. The van der Waals surface area contributed by atoms with Gasteiger partial charge < -0.3 is 15.4 Å². The molecule has 2 amide bonds. The summed E-state index contributed by atoms with van der Waals surface area (Å²) in [6.45, 7) is 1.87. The zero-order chi connectivity index (χ0) is 29.5. The van der Waals surface area contributed by atoms with Gasteiger partial charge >= 0.3 is 6.36 Å². The molecule has 2 aliphatic rings. The molecule has 4 rings (SSSR count). The number of aromatic nitrogens is 2. The van der Waals surface area contributed by atoms with Crippen molar-refractivity contribution < 1.29 is 45.0 Å². The number of fused-ring (bicyclic) bond motifs is 3. The fraction of sp³-hybridized carbons (Fsp3) is 0.560. The Balaban J connectivity index is 1.62.